The fourth-order valence-electron chi connectivity index (χ4n) is 5.37. The second-order valence-corrected chi connectivity index (χ2v) is 12.3. The van der Waals surface area contributed by atoms with Gasteiger partial charge in [-0.2, -0.15) is 0 Å². The number of carbonyl (C=O) groups is 1. The van der Waals surface area contributed by atoms with Crippen LogP contribution in [0.3, 0.4) is 0 Å². The lowest BCUT2D eigenvalue weighted by Crippen LogP contribution is -2.42. The van der Waals surface area contributed by atoms with Crippen LogP contribution in [0.2, 0.25) is 0 Å². The maximum atomic E-state index is 13.3. The Morgan fingerprint density at radius 1 is 0.977 bits per heavy atom. The molecule has 5 atom stereocenters. The van der Waals surface area contributed by atoms with E-state index in [1.165, 1.54) is 6.26 Å². The molecule has 2 aromatic rings. The molecule has 0 spiro atoms. The Hall–Kier alpha value is -3.27. The normalized spacial score (nSPS) is 17.3. The van der Waals surface area contributed by atoms with Gasteiger partial charge in [0, 0.05) is 38.5 Å². The first kappa shape index (κ1) is 35.2. The molecule has 0 saturated heterocycles. The van der Waals surface area contributed by atoms with E-state index in [9.17, 15) is 9.90 Å². The molecule has 5 unspecified atom stereocenters. The summed E-state index contributed by atoms with van der Waals surface area (Å²) in [5, 5.41) is 14.0. The maximum Gasteiger partial charge on any atom is 0.246 e. The fourth-order valence-corrected chi connectivity index (χ4v) is 5.37. The van der Waals surface area contributed by atoms with Crippen molar-refractivity contribution in [2.45, 2.75) is 78.2 Å². The van der Waals surface area contributed by atoms with Crippen LogP contribution in [0, 0.1) is 23.7 Å². The van der Waals surface area contributed by atoms with Crippen LogP contribution in [0.1, 0.15) is 58.1 Å². The van der Waals surface area contributed by atoms with E-state index in [0.29, 0.717) is 43.5 Å². The number of aliphatic hydroxyl groups is 1. The minimum Gasteiger partial charge on any atom is -0.493 e. The molecular formula is C35H52N2O7. The van der Waals surface area contributed by atoms with Gasteiger partial charge in [0.2, 0.25) is 18.1 Å². The summed E-state index contributed by atoms with van der Waals surface area (Å²) in [6, 6.07) is 15.4. The van der Waals surface area contributed by atoms with Crippen molar-refractivity contribution in [2.75, 3.05) is 27.4 Å². The highest BCUT2D eigenvalue weighted by Crippen LogP contribution is 2.32. The molecule has 4 N–H and O–H groups in total. The zero-order valence-electron chi connectivity index (χ0n) is 27.2. The summed E-state index contributed by atoms with van der Waals surface area (Å²) >= 11 is 0. The molecule has 1 heterocycles. The zero-order valence-corrected chi connectivity index (χ0v) is 27.2. The summed E-state index contributed by atoms with van der Waals surface area (Å²) in [6.45, 7) is 9.44. The van der Waals surface area contributed by atoms with Gasteiger partial charge in [-0.3, -0.25) is 10.1 Å². The molecule has 244 valence electrons. The molecule has 1 aliphatic heterocycles. The van der Waals surface area contributed by atoms with Crippen LogP contribution < -0.4 is 20.5 Å². The van der Waals surface area contributed by atoms with E-state index in [4.69, 9.17) is 29.4 Å². The highest BCUT2D eigenvalue weighted by molar-refractivity contribution is 5.80. The molecule has 0 aromatic heterocycles. The summed E-state index contributed by atoms with van der Waals surface area (Å²) in [5.41, 5.74) is 8.78. The van der Waals surface area contributed by atoms with Crippen LogP contribution in [-0.2, 0) is 31.8 Å². The molecule has 1 amide bonds. The number of rotatable bonds is 19. The average Bonchev–Trinajstić information content (AvgIpc) is 3.44. The lowest BCUT2D eigenvalue weighted by atomic mass is 9.81. The van der Waals surface area contributed by atoms with E-state index in [-0.39, 0.29) is 30.0 Å². The van der Waals surface area contributed by atoms with Gasteiger partial charge in [-0.15, -0.1) is 0 Å². The number of methoxy groups -OCH3 is 2. The van der Waals surface area contributed by atoms with Gasteiger partial charge < -0.3 is 34.5 Å². The molecule has 2 aromatic carbocycles. The fraction of sp³-hybridized carbons (Fsp3) is 0.571. The molecule has 0 fully saturated rings. The lowest BCUT2D eigenvalue weighted by Gasteiger charge is -2.30. The summed E-state index contributed by atoms with van der Waals surface area (Å²) in [5.74, 6) is 1.54. The first-order chi connectivity index (χ1) is 21.1. The second-order valence-electron chi connectivity index (χ2n) is 12.3. The number of hydrogen-bond acceptors (Lipinski definition) is 8. The molecule has 3 rings (SSSR count). The van der Waals surface area contributed by atoms with Gasteiger partial charge in [0.1, 0.15) is 6.26 Å². The van der Waals surface area contributed by atoms with Gasteiger partial charge >= 0.3 is 0 Å². The Morgan fingerprint density at radius 2 is 1.73 bits per heavy atom. The van der Waals surface area contributed by atoms with Gasteiger partial charge in [-0.25, -0.2) is 0 Å². The molecule has 0 bridgehead atoms. The predicted molar refractivity (Wildman–Crippen MR) is 171 cm³/mol. The highest BCUT2D eigenvalue weighted by Gasteiger charge is 2.31. The van der Waals surface area contributed by atoms with Crippen molar-refractivity contribution in [2.24, 2.45) is 29.4 Å². The zero-order chi connectivity index (χ0) is 32.1. The molecular weight excluding hydrogens is 560 g/mol. The smallest absolute Gasteiger partial charge is 0.246 e. The van der Waals surface area contributed by atoms with Gasteiger partial charge in [-0.1, -0.05) is 64.1 Å². The predicted octanol–water partition coefficient (Wildman–Crippen LogP) is 5.20. The van der Waals surface area contributed by atoms with E-state index in [2.05, 4.69) is 19.2 Å². The minimum absolute atomic E-state index is 0.0117. The number of aliphatic hydroxyl groups excluding tert-OH is 1. The number of nitrogens with two attached hydrogens (primary N) is 1. The topological polar surface area (TPSA) is 122 Å². The van der Waals surface area contributed by atoms with E-state index in [1.807, 2.05) is 62.4 Å². The Balaban J connectivity index is 1.55. The van der Waals surface area contributed by atoms with Crippen LogP contribution >= 0.6 is 0 Å². The van der Waals surface area contributed by atoms with Crippen molar-refractivity contribution in [1.82, 2.24) is 5.32 Å². The molecule has 1 aliphatic rings. The first-order valence-corrected chi connectivity index (χ1v) is 15.7. The van der Waals surface area contributed by atoms with Crippen molar-refractivity contribution in [1.29, 1.82) is 0 Å². The molecule has 0 aliphatic carbocycles. The van der Waals surface area contributed by atoms with E-state index in [1.54, 1.807) is 14.2 Å². The maximum absolute atomic E-state index is 13.3. The Morgan fingerprint density at radius 3 is 2.39 bits per heavy atom. The van der Waals surface area contributed by atoms with Crippen molar-refractivity contribution in [3.8, 4) is 11.5 Å². The van der Waals surface area contributed by atoms with Crippen molar-refractivity contribution >= 4 is 5.91 Å². The van der Waals surface area contributed by atoms with Crippen LogP contribution in [0.4, 0.5) is 0 Å². The molecule has 0 radical (unpaired) electrons. The van der Waals surface area contributed by atoms with Crippen LogP contribution in [0.25, 0.3) is 0 Å². The van der Waals surface area contributed by atoms with Crippen LogP contribution in [0.15, 0.2) is 60.7 Å². The third-order valence-corrected chi connectivity index (χ3v) is 8.20. The summed E-state index contributed by atoms with van der Waals surface area (Å²) in [4.78, 5) is 13.3. The average molecular weight is 613 g/mol. The van der Waals surface area contributed by atoms with E-state index >= 15 is 0 Å². The molecule has 44 heavy (non-hydrogen) atoms. The first-order valence-electron chi connectivity index (χ1n) is 15.7. The SMILES string of the molecule is COCCCOc1cc(CC(CC(N)C(O)CC(C(=O)NC2=COC(Cc3ccccc3)O2)C(C)C)C(C)C)ccc1OC. The van der Waals surface area contributed by atoms with Crippen molar-refractivity contribution < 1.29 is 33.6 Å². The number of ether oxygens (including phenoxy) is 5. The van der Waals surface area contributed by atoms with E-state index < -0.39 is 24.4 Å². The summed E-state index contributed by atoms with van der Waals surface area (Å²) in [6.07, 6.45) is 3.09. The summed E-state index contributed by atoms with van der Waals surface area (Å²) in [7, 11) is 3.31. The number of amides is 1. The quantitative estimate of drug-likeness (QED) is 0.185. The molecule has 0 saturated carbocycles. The third-order valence-electron chi connectivity index (χ3n) is 8.20. The number of nitrogens with one attached hydrogen (secondary N) is 1. The molecule has 9 nitrogen and oxygen atoms in total. The Labute approximate surface area is 263 Å². The van der Waals surface area contributed by atoms with Crippen molar-refractivity contribution in [3.05, 3.63) is 71.8 Å². The minimum atomic E-state index is -0.842. The van der Waals surface area contributed by atoms with Gasteiger partial charge in [0.25, 0.3) is 0 Å². The van der Waals surface area contributed by atoms with Crippen LogP contribution in [-0.4, -0.2) is 56.9 Å². The van der Waals surface area contributed by atoms with Gasteiger partial charge in [0.05, 0.1) is 19.8 Å². The Kier molecular flexibility index (Phi) is 14.3. The Bertz CT molecular complexity index is 1170. The standard InChI is InChI=1S/C35H52N2O7/c1-23(2)27(17-26-13-14-31(41-6)32(18-26)42-16-10-15-40-5)20-29(36)30(38)21-28(24(3)4)35(39)37-33-22-43-34(44-33)19-25-11-8-7-9-12-25/h7-9,11-14,18,22-24,27-30,34,38H,10,15-17,19-21,36H2,1-6H3,(H,37,39). The number of carbonyl (C=O) groups excluding carboxylic acids is 1. The largest absolute Gasteiger partial charge is 0.493 e. The third kappa shape index (κ3) is 11.0. The van der Waals surface area contributed by atoms with Crippen molar-refractivity contribution in [3.63, 3.8) is 0 Å². The highest BCUT2D eigenvalue weighted by atomic mass is 16.7. The van der Waals surface area contributed by atoms with Gasteiger partial charge in [-0.05, 0) is 60.3 Å². The summed E-state index contributed by atoms with van der Waals surface area (Å²) < 4.78 is 28.0. The number of hydrogen-bond donors (Lipinski definition) is 3. The monoisotopic (exact) mass is 612 g/mol. The lowest BCUT2D eigenvalue weighted by molar-refractivity contribution is -0.128. The molecule has 9 heteroatoms. The van der Waals surface area contributed by atoms with E-state index in [0.717, 1.165) is 24.0 Å². The second kappa shape index (κ2) is 17.9. The van der Waals surface area contributed by atoms with Gasteiger partial charge in [0.15, 0.2) is 11.5 Å². The van der Waals surface area contributed by atoms with Crippen LogP contribution in [0.5, 0.6) is 11.5 Å². The number of benzene rings is 2.